The molecule has 0 bridgehead atoms. The molecule has 0 spiro atoms. The molecule has 0 aliphatic carbocycles. The molecule has 2 heterocycles. The molecule has 3 rings (SSSR count). The molecule has 142 valence electrons. The predicted molar refractivity (Wildman–Crippen MR) is 102 cm³/mol. The van der Waals surface area contributed by atoms with Gasteiger partial charge in [0.1, 0.15) is 9.84 Å². The van der Waals surface area contributed by atoms with Crippen LogP contribution in [0.15, 0.2) is 18.3 Å². The van der Waals surface area contributed by atoms with E-state index in [1.807, 2.05) is 23.9 Å². The van der Waals surface area contributed by atoms with Gasteiger partial charge in [-0.1, -0.05) is 6.07 Å². The Labute approximate surface area is 154 Å². The molecule has 1 aliphatic heterocycles. The van der Waals surface area contributed by atoms with Crippen molar-refractivity contribution in [3.8, 4) is 0 Å². The summed E-state index contributed by atoms with van der Waals surface area (Å²) in [5, 5.41) is 11.8. The maximum absolute atomic E-state index is 12.4. The summed E-state index contributed by atoms with van der Waals surface area (Å²) in [5.41, 5.74) is 2.19. The smallest absolute Gasteiger partial charge is 0.251 e. The Hall–Kier alpha value is -1.93. The van der Waals surface area contributed by atoms with Gasteiger partial charge in [-0.05, 0) is 50.4 Å². The average molecular weight is 378 g/mol. The maximum atomic E-state index is 12.4. The van der Waals surface area contributed by atoms with E-state index in [0.717, 1.165) is 55.2 Å². The van der Waals surface area contributed by atoms with E-state index in [-0.39, 0.29) is 18.2 Å². The van der Waals surface area contributed by atoms with Crippen LogP contribution < -0.4 is 10.6 Å². The highest BCUT2D eigenvalue weighted by Crippen LogP contribution is 2.22. The third-order valence-corrected chi connectivity index (χ3v) is 5.83. The van der Waals surface area contributed by atoms with Crippen LogP contribution in [-0.2, 0) is 16.4 Å². The molecule has 7 nitrogen and oxygen atoms in total. The third kappa shape index (κ3) is 4.62. The highest BCUT2D eigenvalue weighted by atomic mass is 32.2. The lowest BCUT2D eigenvalue weighted by molar-refractivity contribution is 0.0955. The van der Waals surface area contributed by atoms with Crippen LogP contribution in [-0.4, -0.2) is 55.7 Å². The fraction of sp³-hybridized carbons (Fsp3) is 0.556. The molecule has 1 aromatic carbocycles. The first kappa shape index (κ1) is 18.8. The number of hydrogen-bond donors (Lipinski definition) is 2. The molecule has 1 aliphatic rings. The van der Waals surface area contributed by atoms with Crippen molar-refractivity contribution < 1.29 is 13.2 Å². The van der Waals surface area contributed by atoms with Crippen LogP contribution in [0.2, 0.25) is 0 Å². The first-order chi connectivity index (χ1) is 12.3. The topological polar surface area (TPSA) is 93.1 Å². The predicted octanol–water partition coefficient (Wildman–Crippen LogP) is 1.12. The average Bonchev–Trinajstić information content (AvgIpc) is 2.98. The van der Waals surface area contributed by atoms with E-state index in [4.69, 9.17) is 0 Å². The van der Waals surface area contributed by atoms with Gasteiger partial charge in [-0.3, -0.25) is 9.48 Å². The number of hydrogen-bond acceptors (Lipinski definition) is 5. The molecule has 1 fully saturated rings. The number of aromatic nitrogens is 2. The Kier molecular flexibility index (Phi) is 5.62. The zero-order valence-corrected chi connectivity index (χ0v) is 16.1. The van der Waals surface area contributed by atoms with Crippen LogP contribution in [0.1, 0.15) is 28.8 Å². The van der Waals surface area contributed by atoms with E-state index in [1.165, 1.54) is 0 Å². The van der Waals surface area contributed by atoms with Crippen molar-refractivity contribution in [3.05, 3.63) is 29.5 Å². The zero-order chi connectivity index (χ0) is 18.7. The van der Waals surface area contributed by atoms with Gasteiger partial charge in [0, 0.05) is 36.5 Å². The van der Waals surface area contributed by atoms with Crippen molar-refractivity contribution in [2.24, 2.45) is 5.92 Å². The SMILES string of the molecule is Cc1c(C(=O)NCCS(C)(=O)=O)ccc2cn(CC3CCNCC3)nc12. The number of carbonyl (C=O) groups excluding carboxylic acids is 1. The second-order valence-corrected chi connectivity index (χ2v) is 9.37. The summed E-state index contributed by atoms with van der Waals surface area (Å²) in [6.07, 6.45) is 5.51. The zero-order valence-electron chi connectivity index (χ0n) is 15.3. The number of aryl methyl sites for hydroxylation is 1. The minimum Gasteiger partial charge on any atom is -0.351 e. The molecule has 1 amide bonds. The number of piperidine rings is 1. The number of amides is 1. The van der Waals surface area contributed by atoms with Gasteiger partial charge in [-0.2, -0.15) is 5.10 Å². The summed E-state index contributed by atoms with van der Waals surface area (Å²) in [4.78, 5) is 12.4. The number of benzene rings is 1. The minimum atomic E-state index is -3.09. The second-order valence-electron chi connectivity index (χ2n) is 7.11. The molecular weight excluding hydrogens is 352 g/mol. The third-order valence-electron chi connectivity index (χ3n) is 4.89. The summed E-state index contributed by atoms with van der Waals surface area (Å²) >= 11 is 0. The first-order valence-corrected chi connectivity index (χ1v) is 11.0. The molecule has 2 aromatic rings. The van der Waals surface area contributed by atoms with Crippen LogP contribution >= 0.6 is 0 Å². The molecular formula is C18H26N4O3S. The van der Waals surface area contributed by atoms with Crippen LogP contribution in [0.4, 0.5) is 0 Å². The maximum Gasteiger partial charge on any atom is 0.251 e. The van der Waals surface area contributed by atoms with Crippen LogP contribution in [0.5, 0.6) is 0 Å². The Morgan fingerprint density at radius 1 is 1.35 bits per heavy atom. The van der Waals surface area contributed by atoms with Gasteiger partial charge < -0.3 is 10.6 Å². The molecule has 0 unspecified atom stereocenters. The summed E-state index contributed by atoms with van der Waals surface area (Å²) in [5.74, 6) is 0.302. The summed E-state index contributed by atoms with van der Waals surface area (Å²) in [6.45, 7) is 5.01. The molecule has 1 saturated heterocycles. The van der Waals surface area contributed by atoms with E-state index in [2.05, 4.69) is 15.7 Å². The highest BCUT2D eigenvalue weighted by molar-refractivity contribution is 7.90. The number of fused-ring (bicyclic) bond motifs is 1. The minimum absolute atomic E-state index is 0.0646. The fourth-order valence-electron chi connectivity index (χ4n) is 3.39. The van der Waals surface area contributed by atoms with Gasteiger partial charge in [-0.25, -0.2) is 8.42 Å². The Morgan fingerprint density at radius 2 is 2.08 bits per heavy atom. The number of nitrogens with one attached hydrogen (secondary N) is 2. The van der Waals surface area contributed by atoms with E-state index in [0.29, 0.717) is 11.5 Å². The van der Waals surface area contributed by atoms with Crippen molar-refractivity contribution in [1.82, 2.24) is 20.4 Å². The van der Waals surface area contributed by atoms with Crippen molar-refractivity contribution in [2.75, 3.05) is 31.6 Å². The van der Waals surface area contributed by atoms with Gasteiger partial charge in [-0.15, -0.1) is 0 Å². The van der Waals surface area contributed by atoms with Crippen LogP contribution in [0.3, 0.4) is 0 Å². The molecule has 2 N–H and O–H groups in total. The monoisotopic (exact) mass is 378 g/mol. The second kappa shape index (κ2) is 7.75. The van der Waals surface area contributed by atoms with Gasteiger partial charge in [0.15, 0.2) is 0 Å². The Balaban J connectivity index is 1.73. The van der Waals surface area contributed by atoms with Crippen molar-refractivity contribution in [1.29, 1.82) is 0 Å². The Bertz CT molecular complexity index is 899. The van der Waals surface area contributed by atoms with Gasteiger partial charge in [0.25, 0.3) is 5.91 Å². The quantitative estimate of drug-likeness (QED) is 0.786. The van der Waals surface area contributed by atoms with Crippen LogP contribution in [0, 0.1) is 12.8 Å². The van der Waals surface area contributed by atoms with E-state index < -0.39 is 9.84 Å². The molecule has 0 saturated carbocycles. The number of rotatable bonds is 6. The molecule has 1 aromatic heterocycles. The van der Waals surface area contributed by atoms with Crippen molar-refractivity contribution in [3.63, 3.8) is 0 Å². The van der Waals surface area contributed by atoms with Gasteiger partial charge >= 0.3 is 0 Å². The highest BCUT2D eigenvalue weighted by Gasteiger charge is 2.17. The lowest BCUT2D eigenvalue weighted by Gasteiger charge is -2.22. The van der Waals surface area contributed by atoms with E-state index >= 15 is 0 Å². The van der Waals surface area contributed by atoms with Crippen molar-refractivity contribution in [2.45, 2.75) is 26.3 Å². The number of sulfone groups is 1. The number of carbonyl (C=O) groups is 1. The van der Waals surface area contributed by atoms with Gasteiger partial charge in [0.05, 0.1) is 11.3 Å². The largest absolute Gasteiger partial charge is 0.351 e. The van der Waals surface area contributed by atoms with E-state index in [1.54, 1.807) is 6.07 Å². The lowest BCUT2D eigenvalue weighted by Crippen LogP contribution is -2.30. The first-order valence-electron chi connectivity index (χ1n) is 8.97. The Morgan fingerprint density at radius 3 is 2.77 bits per heavy atom. The van der Waals surface area contributed by atoms with E-state index in [9.17, 15) is 13.2 Å². The normalized spacial score (nSPS) is 16.1. The molecule has 0 radical (unpaired) electrons. The summed E-state index contributed by atoms with van der Waals surface area (Å²) in [7, 11) is -3.09. The fourth-order valence-corrected chi connectivity index (χ4v) is 3.86. The lowest BCUT2D eigenvalue weighted by atomic mass is 9.98. The summed E-state index contributed by atoms with van der Waals surface area (Å²) in [6, 6.07) is 3.68. The summed E-state index contributed by atoms with van der Waals surface area (Å²) < 4.78 is 24.4. The number of nitrogens with zero attached hydrogens (tertiary/aromatic N) is 2. The molecule has 8 heteroatoms. The molecule has 0 atom stereocenters. The molecule has 26 heavy (non-hydrogen) atoms. The van der Waals surface area contributed by atoms with Crippen LogP contribution in [0.25, 0.3) is 10.9 Å². The van der Waals surface area contributed by atoms with Crippen molar-refractivity contribution >= 4 is 26.6 Å². The van der Waals surface area contributed by atoms with Gasteiger partial charge in [0.2, 0.25) is 0 Å². The standard InChI is InChI=1S/C18H26N4O3S/c1-13-16(18(23)20-9-10-26(2,24)25)4-3-15-12-22(21-17(13)15)11-14-5-7-19-8-6-14/h3-4,12,14,19H,5-11H2,1-2H3,(H,20,23).